The molecule has 4 heteroatoms. The van der Waals surface area contributed by atoms with Crippen molar-refractivity contribution in [2.45, 2.75) is 45.3 Å². The Morgan fingerprint density at radius 3 is 3.21 bits per heavy atom. The minimum absolute atomic E-state index is 0.241. The number of nitrogens with zero attached hydrogens (tertiary/aromatic N) is 1. The molecule has 0 spiro atoms. The van der Waals surface area contributed by atoms with Gasteiger partial charge in [-0.15, -0.1) is 0 Å². The van der Waals surface area contributed by atoms with Crippen LogP contribution < -0.4 is 10.1 Å². The summed E-state index contributed by atoms with van der Waals surface area (Å²) in [6, 6.07) is 2.01. The maximum atomic E-state index is 5.88. The van der Waals surface area contributed by atoms with E-state index in [-0.39, 0.29) is 6.10 Å². The first-order valence-corrected chi connectivity index (χ1v) is 7.28. The van der Waals surface area contributed by atoms with Gasteiger partial charge in [0.15, 0.2) is 0 Å². The van der Waals surface area contributed by atoms with Gasteiger partial charge in [0.05, 0.1) is 12.3 Å². The van der Waals surface area contributed by atoms with E-state index in [2.05, 4.69) is 17.2 Å². The number of hydrogen-bond donors (Lipinski definition) is 1. The van der Waals surface area contributed by atoms with E-state index in [1.54, 1.807) is 6.20 Å². The van der Waals surface area contributed by atoms with E-state index in [0.29, 0.717) is 6.61 Å². The van der Waals surface area contributed by atoms with Gasteiger partial charge in [-0.2, -0.15) is 0 Å². The second-order valence-corrected chi connectivity index (χ2v) is 4.96. The van der Waals surface area contributed by atoms with Crippen molar-refractivity contribution in [3.63, 3.8) is 0 Å². The molecule has 1 unspecified atom stereocenters. The van der Waals surface area contributed by atoms with E-state index < -0.39 is 0 Å². The lowest BCUT2D eigenvalue weighted by molar-refractivity contribution is -0.0113. The first-order chi connectivity index (χ1) is 9.40. The lowest BCUT2D eigenvalue weighted by atomic mass is 10.1. The van der Waals surface area contributed by atoms with Crippen molar-refractivity contribution < 1.29 is 9.47 Å². The topological polar surface area (TPSA) is 43.4 Å². The highest BCUT2D eigenvalue weighted by atomic mass is 16.5. The molecule has 1 aromatic heterocycles. The van der Waals surface area contributed by atoms with Gasteiger partial charge in [0, 0.05) is 24.9 Å². The van der Waals surface area contributed by atoms with Crippen molar-refractivity contribution >= 4 is 0 Å². The predicted molar refractivity (Wildman–Crippen MR) is 75.3 cm³/mol. The molecule has 0 saturated carbocycles. The number of pyridine rings is 1. The summed E-state index contributed by atoms with van der Waals surface area (Å²) in [5.74, 6) is 0.875. The van der Waals surface area contributed by atoms with Crippen LogP contribution in [0.15, 0.2) is 18.5 Å². The third-order valence-corrected chi connectivity index (χ3v) is 3.31. The van der Waals surface area contributed by atoms with Crippen LogP contribution in [0.1, 0.15) is 38.2 Å². The summed E-state index contributed by atoms with van der Waals surface area (Å²) in [5, 5.41) is 3.39. The average Bonchev–Trinajstić information content (AvgIpc) is 2.48. The lowest BCUT2D eigenvalue weighted by Crippen LogP contribution is -2.26. The molecule has 0 bridgehead atoms. The van der Waals surface area contributed by atoms with Crippen molar-refractivity contribution in [2.24, 2.45) is 0 Å². The summed E-state index contributed by atoms with van der Waals surface area (Å²) in [5.41, 5.74) is 1.17. The third kappa shape index (κ3) is 4.80. The second kappa shape index (κ2) is 8.12. The largest absolute Gasteiger partial charge is 0.489 e. The summed E-state index contributed by atoms with van der Waals surface area (Å²) < 4.78 is 11.6. The third-order valence-electron chi connectivity index (χ3n) is 3.31. The fourth-order valence-corrected chi connectivity index (χ4v) is 2.21. The van der Waals surface area contributed by atoms with E-state index in [4.69, 9.17) is 9.47 Å². The molecule has 19 heavy (non-hydrogen) atoms. The smallest absolute Gasteiger partial charge is 0.142 e. The Kier molecular flexibility index (Phi) is 6.11. The Labute approximate surface area is 115 Å². The minimum atomic E-state index is 0.241. The number of aromatic nitrogens is 1. The molecule has 2 rings (SSSR count). The predicted octanol–water partition coefficient (Wildman–Crippen LogP) is 2.53. The van der Waals surface area contributed by atoms with Crippen molar-refractivity contribution in [1.82, 2.24) is 10.3 Å². The Morgan fingerprint density at radius 1 is 1.47 bits per heavy atom. The zero-order chi connectivity index (χ0) is 13.3. The van der Waals surface area contributed by atoms with Gasteiger partial charge >= 0.3 is 0 Å². The Hall–Kier alpha value is -1.13. The van der Waals surface area contributed by atoms with Crippen LogP contribution in [0.3, 0.4) is 0 Å². The van der Waals surface area contributed by atoms with E-state index in [0.717, 1.165) is 38.3 Å². The first kappa shape index (κ1) is 14.3. The van der Waals surface area contributed by atoms with Gasteiger partial charge in [-0.1, -0.05) is 6.92 Å². The molecule has 1 aromatic rings. The second-order valence-electron chi connectivity index (χ2n) is 4.96. The zero-order valence-electron chi connectivity index (χ0n) is 11.7. The highest BCUT2D eigenvalue weighted by Crippen LogP contribution is 2.19. The SMILES string of the molecule is CCCNCc1ccncc1OCC1CCCCO1. The number of ether oxygens (including phenoxy) is 2. The van der Waals surface area contributed by atoms with E-state index in [1.165, 1.54) is 18.4 Å². The molecular formula is C15H24N2O2. The summed E-state index contributed by atoms with van der Waals surface area (Å²) >= 11 is 0. The number of nitrogens with one attached hydrogen (secondary N) is 1. The fourth-order valence-electron chi connectivity index (χ4n) is 2.21. The Morgan fingerprint density at radius 2 is 2.42 bits per heavy atom. The van der Waals surface area contributed by atoms with E-state index in [9.17, 15) is 0 Å². The van der Waals surface area contributed by atoms with Crippen LogP contribution in [-0.4, -0.2) is 30.8 Å². The molecule has 1 atom stereocenters. The van der Waals surface area contributed by atoms with Crippen LogP contribution in [0, 0.1) is 0 Å². The normalized spacial score (nSPS) is 19.3. The van der Waals surface area contributed by atoms with Gasteiger partial charge in [-0.05, 0) is 38.3 Å². The lowest BCUT2D eigenvalue weighted by Gasteiger charge is -2.23. The van der Waals surface area contributed by atoms with E-state index in [1.807, 2.05) is 12.3 Å². The number of rotatable bonds is 7. The maximum Gasteiger partial charge on any atom is 0.142 e. The molecule has 1 aliphatic heterocycles. The summed E-state index contributed by atoms with van der Waals surface area (Å²) in [7, 11) is 0. The molecule has 106 valence electrons. The molecule has 0 amide bonds. The van der Waals surface area contributed by atoms with Crippen LogP contribution in [0.5, 0.6) is 5.75 Å². The average molecular weight is 264 g/mol. The summed E-state index contributed by atoms with van der Waals surface area (Å²) in [6.07, 6.45) is 8.51. The summed E-state index contributed by atoms with van der Waals surface area (Å²) in [6.45, 7) is 5.51. The molecule has 0 radical (unpaired) electrons. The van der Waals surface area contributed by atoms with Crippen molar-refractivity contribution in [1.29, 1.82) is 0 Å². The Bertz CT molecular complexity index is 365. The fraction of sp³-hybridized carbons (Fsp3) is 0.667. The van der Waals surface area contributed by atoms with Crippen molar-refractivity contribution in [3.8, 4) is 5.75 Å². The molecule has 0 aliphatic carbocycles. The van der Waals surface area contributed by atoms with Gasteiger partial charge in [0.1, 0.15) is 12.4 Å². The molecule has 4 nitrogen and oxygen atoms in total. The molecule has 1 aliphatic rings. The quantitative estimate of drug-likeness (QED) is 0.769. The molecule has 1 fully saturated rings. The highest BCUT2D eigenvalue weighted by Gasteiger charge is 2.15. The molecule has 0 aromatic carbocycles. The van der Waals surface area contributed by atoms with Crippen LogP contribution in [0.25, 0.3) is 0 Å². The van der Waals surface area contributed by atoms with Crippen molar-refractivity contribution in [2.75, 3.05) is 19.8 Å². The van der Waals surface area contributed by atoms with Gasteiger partial charge < -0.3 is 14.8 Å². The van der Waals surface area contributed by atoms with E-state index >= 15 is 0 Å². The summed E-state index contributed by atoms with van der Waals surface area (Å²) in [4.78, 5) is 4.14. The minimum Gasteiger partial charge on any atom is -0.489 e. The Balaban J connectivity index is 1.84. The molecule has 1 N–H and O–H groups in total. The highest BCUT2D eigenvalue weighted by molar-refractivity contribution is 5.29. The van der Waals surface area contributed by atoms with Gasteiger partial charge in [0.25, 0.3) is 0 Å². The molecule has 2 heterocycles. The van der Waals surface area contributed by atoms with Gasteiger partial charge in [0.2, 0.25) is 0 Å². The first-order valence-electron chi connectivity index (χ1n) is 7.28. The van der Waals surface area contributed by atoms with Crippen LogP contribution in [0.4, 0.5) is 0 Å². The maximum absolute atomic E-state index is 5.88. The van der Waals surface area contributed by atoms with Crippen LogP contribution >= 0.6 is 0 Å². The van der Waals surface area contributed by atoms with Crippen LogP contribution in [0.2, 0.25) is 0 Å². The van der Waals surface area contributed by atoms with Gasteiger partial charge in [-0.3, -0.25) is 4.98 Å². The number of hydrogen-bond acceptors (Lipinski definition) is 4. The zero-order valence-corrected chi connectivity index (χ0v) is 11.7. The van der Waals surface area contributed by atoms with Crippen LogP contribution in [-0.2, 0) is 11.3 Å². The molecule has 1 saturated heterocycles. The van der Waals surface area contributed by atoms with Gasteiger partial charge in [-0.25, -0.2) is 0 Å². The molecular weight excluding hydrogens is 240 g/mol. The standard InChI is InChI=1S/C15H24N2O2/c1-2-7-16-10-13-6-8-17-11-15(13)19-12-14-5-3-4-9-18-14/h6,8,11,14,16H,2-5,7,9-10,12H2,1H3. The van der Waals surface area contributed by atoms with Crippen molar-refractivity contribution in [3.05, 3.63) is 24.0 Å². The monoisotopic (exact) mass is 264 g/mol.